The van der Waals surface area contributed by atoms with Crippen LogP contribution in [0.5, 0.6) is 0 Å². The Morgan fingerprint density at radius 3 is 2.62 bits per heavy atom. The van der Waals surface area contributed by atoms with Crippen molar-refractivity contribution in [2.45, 2.75) is 65.0 Å². The molecule has 134 valence electrons. The third-order valence-electron chi connectivity index (χ3n) is 4.47. The molecule has 5 heteroatoms. The van der Waals surface area contributed by atoms with Crippen molar-refractivity contribution in [3.63, 3.8) is 0 Å². The number of amides is 1. The van der Waals surface area contributed by atoms with Gasteiger partial charge in [0.1, 0.15) is 17.3 Å². The van der Waals surface area contributed by atoms with E-state index in [1.165, 1.54) is 6.42 Å². The molecule has 0 bridgehead atoms. The highest BCUT2D eigenvalue weighted by atomic mass is 16.3. The number of hydrogen-bond donors (Lipinski definition) is 1. The molecular formula is C19H30N2O3. The Morgan fingerprint density at radius 2 is 2.04 bits per heavy atom. The second-order valence-electron chi connectivity index (χ2n) is 7.92. The molecule has 0 spiro atoms. The SMILES string of the molecule is CC(=O)CC(C)(C)NC(=O)CCN(C)Cc1ccc([C@@H]2C[C@H]2C)o1. The van der Waals surface area contributed by atoms with Crippen LogP contribution in [0.25, 0.3) is 0 Å². The summed E-state index contributed by atoms with van der Waals surface area (Å²) in [5, 5.41) is 2.93. The van der Waals surface area contributed by atoms with Gasteiger partial charge in [0.15, 0.2) is 0 Å². The van der Waals surface area contributed by atoms with Gasteiger partial charge in [-0.05, 0) is 52.3 Å². The molecule has 24 heavy (non-hydrogen) atoms. The maximum absolute atomic E-state index is 12.1. The first-order chi connectivity index (χ1) is 11.2. The third-order valence-corrected chi connectivity index (χ3v) is 4.47. The average Bonchev–Trinajstić information content (AvgIpc) is 2.98. The molecule has 0 aromatic carbocycles. The predicted molar refractivity (Wildman–Crippen MR) is 93.7 cm³/mol. The topological polar surface area (TPSA) is 62.6 Å². The lowest BCUT2D eigenvalue weighted by molar-refractivity contribution is -0.124. The fraction of sp³-hybridized carbons (Fsp3) is 0.684. The van der Waals surface area contributed by atoms with Gasteiger partial charge in [0.05, 0.1) is 6.54 Å². The van der Waals surface area contributed by atoms with Gasteiger partial charge in [-0.1, -0.05) is 6.92 Å². The first-order valence-corrected chi connectivity index (χ1v) is 8.74. The molecule has 0 unspecified atom stereocenters. The Bertz CT molecular complexity index is 591. The number of furan rings is 1. The Kier molecular flexibility index (Phi) is 5.86. The van der Waals surface area contributed by atoms with Crippen molar-refractivity contribution in [2.75, 3.05) is 13.6 Å². The van der Waals surface area contributed by atoms with Gasteiger partial charge in [-0.15, -0.1) is 0 Å². The van der Waals surface area contributed by atoms with Crippen molar-refractivity contribution < 1.29 is 14.0 Å². The predicted octanol–water partition coefficient (Wildman–Crippen LogP) is 3.10. The van der Waals surface area contributed by atoms with E-state index in [2.05, 4.69) is 23.2 Å². The molecule has 0 radical (unpaired) electrons. The zero-order valence-electron chi connectivity index (χ0n) is 15.5. The summed E-state index contributed by atoms with van der Waals surface area (Å²) >= 11 is 0. The van der Waals surface area contributed by atoms with Crippen molar-refractivity contribution in [3.8, 4) is 0 Å². The lowest BCUT2D eigenvalue weighted by atomic mass is 9.98. The molecule has 2 rings (SSSR count). The number of Topliss-reactive ketones (excluding diaryl/α,β-unsaturated/α-hetero) is 1. The summed E-state index contributed by atoms with van der Waals surface area (Å²) in [5.74, 6) is 3.43. The number of nitrogens with zero attached hydrogens (tertiary/aromatic N) is 1. The van der Waals surface area contributed by atoms with Gasteiger partial charge in [-0.2, -0.15) is 0 Å². The van der Waals surface area contributed by atoms with Gasteiger partial charge in [0.2, 0.25) is 5.91 Å². The van der Waals surface area contributed by atoms with Gasteiger partial charge < -0.3 is 9.73 Å². The van der Waals surface area contributed by atoms with E-state index >= 15 is 0 Å². The Balaban J connectivity index is 1.72. The van der Waals surface area contributed by atoms with Crippen LogP contribution in [0.15, 0.2) is 16.5 Å². The molecule has 0 aliphatic heterocycles. The molecule has 1 aromatic heterocycles. The second kappa shape index (κ2) is 7.51. The van der Waals surface area contributed by atoms with Crippen LogP contribution in [0.3, 0.4) is 0 Å². The maximum Gasteiger partial charge on any atom is 0.221 e. The molecular weight excluding hydrogens is 304 g/mol. The molecule has 1 amide bonds. The fourth-order valence-corrected chi connectivity index (χ4v) is 3.14. The summed E-state index contributed by atoms with van der Waals surface area (Å²) < 4.78 is 5.90. The quantitative estimate of drug-likeness (QED) is 0.754. The molecule has 1 fully saturated rings. The van der Waals surface area contributed by atoms with E-state index in [1.54, 1.807) is 6.92 Å². The van der Waals surface area contributed by atoms with Crippen LogP contribution in [0, 0.1) is 5.92 Å². The lowest BCUT2D eigenvalue weighted by Gasteiger charge is -2.25. The Hall–Kier alpha value is -1.62. The summed E-state index contributed by atoms with van der Waals surface area (Å²) in [6, 6.07) is 4.11. The first-order valence-electron chi connectivity index (χ1n) is 8.74. The number of carbonyl (C=O) groups excluding carboxylic acids is 2. The van der Waals surface area contributed by atoms with Gasteiger partial charge >= 0.3 is 0 Å². The van der Waals surface area contributed by atoms with E-state index in [0.717, 1.165) is 17.4 Å². The van der Waals surface area contributed by atoms with Crippen LogP contribution in [0.2, 0.25) is 0 Å². The second-order valence-corrected chi connectivity index (χ2v) is 7.92. The minimum Gasteiger partial charge on any atom is -0.464 e. The minimum absolute atomic E-state index is 0.0277. The van der Waals surface area contributed by atoms with Gasteiger partial charge in [-0.25, -0.2) is 0 Å². The monoisotopic (exact) mass is 334 g/mol. The number of rotatable bonds is 9. The van der Waals surface area contributed by atoms with Crippen LogP contribution in [-0.4, -0.2) is 35.7 Å². The number of ketones is 1. The molecule has 1 aliphatic carbocycles. The van der Waals surface area contributed by atoms with Crippen molar-refractivity contribution in [3.05, 3.63) is 23.7 Å². The van der Waals surface area contributed by atoms with E-state index < -0.39 is 5.54 Å². The molecule has 0 saturated heterocycles. The van der Waals surface area contributed by atoms with Crippen LogP contribution in [0.1, 0.15) is 64.4 Å². The van der Waals surface area contributed by atoms with Crippen molar-refractivity contribution >= 4 is 11.7 Å². The summed E-state index contributed by atoms with van der Waals surface area (Å²) in [6.07, 6.45) is 1.98. The lowest BCUT2D eigenvalue weighted by Crippen LogP contribution is -2.45. The molecule has 1 N–H and O–H groups in total. The highest BCUT2D eigenvalue weighted by Gasteiger charge is 2.36. The number of hydrogen-bond acceptors (Lipinski definition) is 4. The smallest absolute Gasteiger partial charge is 0.221 e. The summed E-state index contributed by atoms with van der Waals surface area (Å²) in [6.45, 7) is 8.88. The van der Waals surface area contributed by atoms with E-state index in [9.17, 15) is 9.59 Å². The van der Waals surface area contributed by atoms with Crippen LogP contribution in [0.4, 0.5) is 0 Å². The zero-order valence-corrected chi connectivity index (χ0v) is 15.5. The van der Waals surface area contributed by atoms with E-state index in [4.69, 9.17) is 4.42 Å². The Labute approximate surface area is 144 Å². The third kappa shape index (κ3) is 5.78. The van der Waals surface area contributed by atoms with Crippen molar-refractivity contribution in [2.24, 2.45) is 5.92 Å². The molecule has 1 saturated carbocycles. The summed E-state index contributed by atoms with van der Waals surface area (Å²) in [7, 11) is 1.98. The number of nitrogens with one attached hydrogen (secondary N) is 1. The molecule has 1 aromatic rings. The fourth-order valence-electron chi connectivity index (χ4n) is 3.14. The number of carbonyl (C=O) groups is 2. The normalized spacial score (nSPS) is 20.2. The zero-order chi connectivity index (χ0) is 17.9. The summed E-state index contributed by atoms with van der Waals surface area (Å²) in [5.41, 5.74) is -0.488. The van der Waals surface area contributed by atoms with Crippen molar-refractivity contribution in [1.29, 1.82) is 0 Å². The average molecular weight is 334 g/mol. The van der Waals surface area contributed by atoms with Gasteiger partial charge in [0, 0.05) is 30.8 Å². The van der Waals surface area contributed by atoms with Crippen LogP contribution in [-0.2, 0) is 16.1 Å². The highest BCUT2D eigenvalue weighted by molar-refractivity contribution is 5.80. The maximum atomic E-state index is 12.1. The van der Waals surface area contributed by atoms with Crippen LogP contribution < -0.4 is 5.32 Å². The minimum atomic E-state index is -0.488. The standard InChI is InChI=1S/C19H30N2O3/c1-13-10-16(13)17-7-6-15(24-17)12-21(5)9-8-18(23)20-19(3,4)11-14(2)22/h6-7,13,16H,8-12H2,1-5H3,(H,20,23)/t13-,16-/m1/s1. The Morgan fingerprint density at radius 1 is 1.38 bits per heavy atom. The van der Waals surface area contributed by atoms with Gasteiger partial charge in [-0.3, -0.25) is 14.5 Å². The largest absolute Gasteiger partial charge is 0.464 e. The van der Waals surface area contributed by atoms with Gasteiger partial charge in [0.25, 0.3) is 0 Å². The molecule has 5 nitrogen and oxygen atoms in total. The van der Waals surface area contributed by atoms with E-state index in [-0.39, 0.29) is 11.7 Å². The molecule has 1 aliphatic rings. The highest BCUT2D eigenvalue weighted by Crippen LogP contribution is 2.47. The van der Waals surface area contributed by atoms with E-state index in [0.29, 0.717) is 31.8 Å². The summed E-state index contributed by atoms with van der Waals surface area (Å²) in [4.78, 5) is 25.4. The molecule has 2 atom stereocenters. The first kappa shape index (κ1) is 18.7. The van der Waals surface area contributed by atoms with Crippen molar-refractivity contribution in [1.82, 2.24) is 10.2 Å². The molecule has 1 heterocycles. The van der Waals surface area contributed by atoms with Crippen LogP contribution >= 0.6 is 0 Å². The van der Waals surface area contributed by atoms with E-state index in [1.807, 2.05) is 27.0 Å².